The van der Waals surface area contributed by atoms with E-state index in [1.807, 2.05) is 20.8 Å². The molecular weight excluding hydrogens is 324 g/mol. The molecule has 1 aromatic rings. The number of rotatable bonds is 5. The van der Waals surface area contributed by atoms with Gasteiger partial charge in [0.05, 0.1) is 4.90 Å². The van der Waals surface area contributed by atoms with E-state index >= 15 is 0 Å². The molecule has 0 aromatic heterocycles. The highest BCUT2D eigenvalue weighted by Gasteiger charge is 2.28. The van der Waals surface area contributed by atoms with Crippen molar-refractivity contribution >= 4 is 15.9 Å². The Morgan fingerprint density at radius 2 is 1.75 bits per heavy atom. The smallest absolute Gasteiger partial charge is 0.251 e. The molecular formula is C18H28N2O3S. The highest BCUT2D eigenvalue weighted by Crippen LogP contribution is 2.24. The number of benzene rings is 1. The third kappa shape index (κ3) is 4.16. The van der Waals surface area contributed by atoms with Gasteiger partial charge in [-0.25, -0.2) is 8.42 Å². The Balaban J connectivity index is 2.29. The average molecular weight is 353 g/mol. The third-order valence-electron chi connectivity index (χ3n) is 4.74. The molecule has 0 aliphatic carbocycles. The molecule has 134 valence electrons. The molecule has 0 saturated carbocycles. The summed E-state index contributed by atoms with van der Waals surface area (Å²) >= 11 is 0. The van der Waals surface area contributed by atoms with Gasteiger partial charge in [0.25, 0.3) is 5.91 Å². The molecule has 1 N–H and O–H groups in total. The highest BCUT2D eigenvalue weighted by atomic mass is 32.2. The van der Waals surface area contributed by atoms with Gasteiger partial charge in [-0.2, -0.15) is 4.31 Å². The van der Waals surface area contributed by atoms with Crippen molar-refractivity contribution in [3.8, 4) is 0 Å². The Morgan fingerprint density at radius 1 is 1.12 bits per heavy atom. The van der Waals surface area contributed by atoms with Gasteiger partial charge in [0.15, 0.2) is 0 Å². The van der Waals surface area contributed by atoms with Crippen molar-refractivity contribution in [2.45, 2.75) is 57.9 Å². The van der Waals surface area contributed by atoms with Crippen molar-refractivity contribution in [1.29, 1.82) is 0 Å². The number of nitrogens with zero attached hydrogens (tertiary/aromatic N) is 1. The van der Waals surface area contributed by atoms with Gasteiger partial charge >= 0.3 is 0 Å². The van der Waals surface area contributed by atoms with Crippen LogP contribution in [0.15, 0.2) is 23.1 Å². The first-order chi connectivity index (χ1) is 11.2. The monoisotopic (exact) mass is 352 g/mol. The predicted molar refractivity (Wildman–Crippen MR) is 95.6 cm³/mol. The zero-order chi connectivity index (χ0) is 17.9. The fourth-order valence-electron chi connectivity index (χ4n) is 2.72. The van der Waals surface area contributed by atoms with E-state index in [0.717, 1.165) is 19.3 Å². The maximum absolute atomic E-state index is 12.9. The van der Waals surface area contributed by atoms with Crippen LogP contribution in [0, 0.1) is 12.8 Å². The summed E-state index contributed by atoms with van der Waals surface area (Å²) in [6, 6.07) is 4.95. The maximum atomic E-state index is 12.9. The van der Waals surface area contributed by atoms with E-state index in [9.17, 15) is 13.2 Å². The van der Waals surface area contributed by atoms with Crippen LogP contribution in [-0.4, -0.2) is 37.8 Å². The number of carbonyl (C=O) groups excluding carboxylic acids is 1. The largest absolute Gasteiger partial charge is 0.349 e. The van der Waals surface area contributed by atoms with Gasteiger partial charge in [0.1, 0.15) is 0 Å². The fraction of sp³-hybridized carbons (Fsp3) is 0.611. The molecule has 0 unspecified atom stereocenters. The van der Waals surface area contributed by atoms with Crippen molar-refractivity contribution in [1.82, 2.24) is 9.62 Å². The molecule has 1 amide bonds. The molecule has 1 aliphatic heterocycles. The van der Waals surface area contributed by atoms with Gasteiger partial charge in [-0.1, -0.05) is 26.3 Å². The van der Waals surface area contributed by atoms with E-state index in [1.165, 1.54) is 10.4 Å². The summed E-state index contributed by atoms with van der Waals surface area (Å²) in [7, 11) is -3.54. The summed E-state index contributed by atoms with van der Waals surface area (Å²) in [6.07, 6.45) is 2.86. The summed E-state index contributed by atoms with van der Waals surface area (Å²) in [5.41, 5.74) is 1.07. The predicted octanol–water partition coefficient (Wildman–Crippen LogP) is 2.94. The Kier molecular flexibility index (Phi) is 6.04. The van der Waals surface area contributed by atoms with Crippen LogP contribution in [0.4, 0.5) is 0 Å². The maximum Gasteiger partial charge on any atom is 0.251 e. The molecule has 24 heavy (non-hydrogen) atoms. The first-order valence-corrected chi connectivity index (χ1v) is 10.1. The van der Waals surface area contributed by atoms with Gasteiger partial charge < -0.3 is 5.32 Å². The summed E-state index contributed by atoms with van der Waals surface area (Å²) in [5, 5.41) is 2.93. The third-order valence-corrected chi connectivity index (χ3v) is 6.78. The first-order valence-electron chi connectivity index (χ1n) is 8.65. The van der Waals surface area contributed by atoms with Gasteiger partial charge in [-0.15, -0.1) is 0 Å². The van der Waals surface area contributed by atoms with Gasteiger partial charge in [0, 0.05) is 24.7 Å². The number of aryl methyl sites for hydroxylation is 1. The molecule has 0 bridgehead atoms. The Morgan fingerprint density at radius 3 is 2.33 bits per heavy atom. The summed E-state index contributed by atoms with van der Waals surface area (Å²) in [6.45, 7) is 8.90. The van der Waals surface area contributed by atoms with Crippen LogP contribution < -0.4 is 5.32 Å². The van der Waals surface area contributed by atoms with Gasteiger partial charge in [0.2, 0.25) is 10.0 Å². The summed E-state index contributed by atoms with van der Waals surface area (Å²) < 4.78 is 27.4. The van der Waals surface area contributed by atoms with Crippen molar-refractivity contribution < 1.29 is 13.2 Å². The molecule has 1 saturated heterocycles. The Hall–Kier alpha value is -1.40. The van der Waals surface area contributed by atoms with Gasteiger partial charge in [-0.3, -0.25) is 4.79 Å². The van der Waals surface area contributed by atoms with Gasteiger partial charge in [-0.05, 0) is 50.3 Å². The molecule has 1 fully saturated rings. The van der Waals surface area contributed by atoms with Crippen LogP contribution in [0.25, 0.3) is 0 Å². The molecule has 1 atom stereocenters. The topological polar surface area (TPSA) is 66.5 Å². The van der Waals surface area contributed by atoms with E-state index in [-0.39, 0.29) is 16.8 Å². The van der Waals surface area contributed by atoms with Crippen molar-refractivity contribution in [3.63, 3.8) is 0 Å². The minimum atomic E-state index is -3.54. The fourth-order valence-corrected chi connectivity index (χ4v) is 4.49. The second-order valence-corrected chi connectivity index (χ2v) is 8.86. The van der Waals surface area contributed by atoms with Crippen LogP contribution in [0.2, 0.25) is 0 Å². The lowest BCUT2D eigenvalue weighted by Gasteiger charge is -2.26. The van der Waals surface area contributed by atoms with Crippen LogP contribution in [0.3, 0.4) is 0 Å². The van der Waals surface area contributed by atoms with Crippen molar-refractivity contribution in [3.05, 3.63) is 29.3 Å². The zero-order valence-corrected chi connectivity index (χ0v) is 15.8. The molecule has 1 aromatic carbocycles. The minimum absolute atomic E-state index is 0.0287. The number of hydrogen-bond acceptors (Lipinski definition) is 3. The molecule has 0 radical (unpaired) electrons. The Bertz CT molecular complexity index is 692. The number of piperidine rings is 1. The zero-order valence-electron chi connectivity index (χ0n) is 15.0. The standard InChI is InChI=1S/C18H28N2O3S/c1-13(2)15(4)19-18(21)16-9-8-14(3)17(12-16)24(22,23)20-10-6-5-7-11-20/h8-9,12-13,15H,5-7,10-11H2,1-4H3,(H,19,21)/t15-/m0/s1. The van der Waals surface area contributed by atoms with E-state index in [2.05, 4.69) is 5.32 Å². The molecule has 5 nitrogen and oxygen atoms in total. The summed E-state index contributed by atoms with van der Waals surface area (Å²) in [4.78, 5) is 12.7. The summed E-state index contributed by atoms with van der Waals surface area (Å²) in [5.74, 6) is 0.0854. The van der Waals surface area contributed by atoms with Crippen LogP contribution >= 0.6 is 0 Å². The van der Waals surface area contributed by atoms with Crippen molar-refractivity contribution in [2.24, 2.45) is 5.92 Å². The molecule has 1 heterocycles. The normalized spacial score (nSPS) is 17.7. The average Bonchev–Trinajstić information content (AvgIpc) is 2.55. The first kappa shape index (κ1) is 18.9. The SMILES string of the molecule is Cc1ccc(C(=O)N[C@@H](C)C(C)C)cc1S(=O)(=O)N1CCCCC1. The van der Waals surface area contributed by atoms with E-state index in [0.29, 0.717) is 30.1 Å². The van der Waals surface area contributed by atoms with E-state index in [1.54, 1.807) is 19.1 Å². The number of nitrogens with one attached hydrogen (secondary N) is 1. The number of sulfonamides is 1. The Labute approximate surface area is 145 Å². The van der Waals surface area contributed by atoms with Crippen LogP contribution in [0.5, 0.6) is 0 Å². The quantitative estimate of drug-likeness (QED) is 0.886. The second-order valence-electron chi connectivity index (χ2n) is 6.95. The minimum Gasteiger partial charge on any atom is -0.349 e. The van der Waals surface area contributed by atoms with Crippen molar-refractivity contribution in [2.75, 3.05) is 13.1 Å². The molecule has 0 spiro atoms. The van der Waals surface area contributed by atoms with E-state index in [4.69, 9.17) is 0 Å². The number of hydrogen-bond donors (Lipinski definition) is 1. The highest BCUT2D eigenvalue weighted by molar-refractivity contribution is 7.89. The lowest BCUT2D eigenvalue weighted by molar-refractivity contribution is 0.0930. The van der Waals surface area contributed by atoms with Crippen LogP contribution in [-0.2, 0) is 10.0 Å². The molecule has 6 heteroatoms. The lowest BCUT2D eigenvalue weighted by atomic mass is 10.1. The molecule has 2 rings (SSSR count). The number of carbonyl (C=O) groups is 1. The van der Waals surface area contributed by atoms with E-state index < -0.39 is 10.0 Å². The lowest BCUT2D eigenvalue weighted by Crippen LogP contribution is -2.37. The number of amides is 1. The van der Waals surface area contributed by atoms with Crippen LogP contribution in [0.1, 0.15) is 56.0 Å². The molecule has 1 aliphatic rings. The second kappa shape index (κ2) is 7.66.